The summed E-state index contributed by atoms with van der Waals surface area (Å²) in [5.41, 5.74) is 0.926. The van der Waals surface area contributed by atoms with E-state index in [4.69, 9.17) is 9.47 Å². The van der Waals surface area contributed by atoms with Gasteiger partial charge in [0.2, 0.25) is 0 Å². The molecule has 0 spiro atoms. The molecular formula is C17H18FNO3. The quantitative estimate of drug-likeness (QED) is 0.852. The zero-order valence-electron chi connectivity index (χ0n) is 12.8. The van der Waals surface area contributed by atoms with Crippen LogP contribution in [0.1, 0.15) is 15.9 Å². The second-order valence-electron chi connectivity index (χ2n) is 4.82. The third-order valence-corrected chi connectivity index (χ3v) is 3.34. The van der Waals surface area contributed by atoms with Crippen molar-refractivity contribution >= 4 is 5.91 Å². The summed E-state index contributed by atoms with van der Waals surface area (Å²) in [4.78, 5) is 13.9. The molecule has 1 amide bonds. The van der Waals surface area contributed by atoms with Gasteiger partial charge in [0.25, 0.3) is 5.91 Å². The van der Waals surface area contributed by atoms with Crippen LogP contribution in [-0.2, 0) is 6.54 Å². The Kier molecular flexibility index (Phi) is 4.99. The minimum Gasteiger partial charge on any atom is -0.493 e. The molecule has 4 nitrogen and oxygen atoms in total. The normalized spacial score (nSPS) is 10.2. The van der Waals surface area contributed by atoms with Crippen LogP contribution in [0.15, 0.2) is 42.5 Å². The SMILES string of the molecule is COc1ccc(C(=O)N(C)Cc2ccccc2F)cc1OC. The Labute approximate surface area is 129 Å². The van der Waals surface area contributed by atoms with Crippen LogP contribution in [0.4, 0.5) is 4.39 Å². The molecular weight excluding hydrogens is 285 g/mol. The highest BCUT2D eigenvalue weighted by Crippen LogP contribution is 2.28. The summed E-state index contributed by atoms with van der Waals surface area (Å²) >= 11 is 0. The molecule has 0 bridgehead atoms. The molecule has 0 unspecified atom stereocenters. The molecule has 22 heavy (non-hydrogen) atoms. The molecule has 0 atom stereocenters. The van der Waals surface area contributed by atoms with Gasteiger partial charge in [-0.15, -0.1) is 0 Å². The number of ether oxygens (including phenoxy) is 2. The fourth-order valence-electron chi connectivity index (χ4n) is 2.14. The fourth-order valence-corrected chi connectivity index (χ4v) is 2.14. The van der Waals surface area contributed by atoms with Crippen LogP contribution in [0, 0.1) is 5.82 Å². The van der Waals surface area contributed by atoms with Crippen LogP contribution in [0.3, 0.4) is 0 Å². The number of carbonyl (C=O) groups is 1. The first-order valence-corrected chi connectivity index (χ1v) is 6.77. The molecule has 116 valence electrons. The van der Waals surface area contributed by atoms with Crippen molar-refractivity contribution in [1.82, 2.24) is 4.90 Å². The Morgan fingerprint density at radius 3 is 2.41 bits per heavy atom. The van der Waals surface area contributed by atoms with Crippen molar-refractivity contribution in [2.75, 3.05) is 21.3 Å². The number of carbonyl (C=O) groups excluding carboxylic acids is 1. The molecule has 0 aliphatic rings. The van der Waals surface area contributed by atoms with E-state index < -0.39 is 0 Å². The van der Waals surface area contributed by atoms with Crippen molar-refractivity contribution in [1.29, 1.82) is 0 Å². The average Bonchev–Trinajstić information content (AvgIpc) is 2.55. The number of methoxy groups -OCH3 is 2. The highest BCUT2D eigenvalue weighted by atomic mass is 19.1. The second kappa shape index (κ2) is 6.93. The summed E-state index contributed by atoms with van der Waals surface area (Å²) in [5, 5.41) is 0. The molecule has 0 saturated carbocycles. The summed E-state index contributed by atoms with van der Waals surface area (Å²) in [6, 6.07) is 11.3. The minimum absolute atomic E-state index is 0.194. The number of hydrogen-bond acceptors (Lipinski definition) is 3. The van der Waals surface area contributed by atoms with E-state index in [2.05, 4.69) is 0 Å². The molecule has 2 aromatic carbocycles. The number of nitrogens with zero attached hydrogens (tertiary/aromatic N) is 1. The molecule has 0 fully saturated rings. The Balaban J connectivity index is 2.19. The number of halogens is 1. The van der Waals surface area contributed by atoms with Crippen molar-refractivity contribution in [3.63, 3.8) is 0 Å². The second-order valence-corrected chi connectivity index (χ2v) is 4.82. The molecule has 0 N–H and O–H groups in total. The number of rotatable bonds is 5. The van der Waals surface area contributed by atoms with E-state index in [1.807, 2.05) is 0 Å². The summed E-state index contributed by atoms with van der Waals surface area (Å²) in [7, 11) is 4.67. The molecule has 2 aromatic rings. The van der Waals surface area contributed by atoms with Crippen molar-refractivity contribution in [2.45, 2.75) is 6.54 Å². The van der Waals surface area contributed by atoms with Crippen LogP contribution in [-0.4, -0.2) is 32.1 Å². The van der Waals surface area contributed by atoms with Crippen molar-refractivity contribution in [3.8, 4) is 11.5 Å². The van der Waals surface area contributed by atoms with Gasteiger partial charge >= 0.3 is 0 Å². The van der Waals surface area contributed by atoms with Gasteiger partial charge in [0.05, 0.1) is 14.2 Å². The van der Waals surface area contributed by atoms with Crippen LogP contribution in [0.25, 0.3) is 0 Å². The van der Waals surface area contributed by atoms with Crippen molar-refractivity contribution in [2.24, 2.45) is 0 Å². The van der Waals surface area contributed by atoms with E-state index in [0.717, 1.165) is 0 Å². The Morgan fingerprint density at radius 2 is 1.77 bits per heavy atom. The highest BCUT2D eigenvalue weighted by Gasteiger charge is 2.16. The molecule has 2 rings (SSSR count). The fraction of sp³-hybridized carbons (Fsp3) is 0.235. The van der Waals surface area contributed by atoms with Crippen molar-refractivity contribution < 1.29 is 18.7 Å². The summed E-state index contributed by atoms with van der Waals surface area (Å²) < 4.78 is 24.0. The van der Waals surface area contributed by atoms with E-state index in [1.165, 1.54) is 25.2 Å². The standard InChI is InChI=1S/C17H18FNO3/c1-19(11-13-6-4-5-7-14(13)18)17(20)12-8-9-15(21-2)16(10-12)22-3/h4-10H,11H2,1-3H3. The number of amides is 1. The predicted octanol–water partition coefficient (Wildman–Crippen LogP) is 3.12. The topological polar surface area (TPSA) is 38.8 Å². The lowest BCUT2D eigenvalue weighted by molar-refractivity contribution is 0.0783. The van der Waals surface area contributed by atoms with E-state index in [1.54, 1.807) is 43.4 Å². The van der Waals surface area contributed by atoms with Gasteiger partial charge in [-0.3, -0.25) is 4.79 Å². The van der Waals surface area contributed by atoms with Gasteiger partial charge in [0, 0.05) is 24.7 Å². The maximum absolute atomic E-state index is 13.7. The smallest absolute Gasteiger partial charge is 0.254 e. The largest absolute Gasteiger partial charge is 0.493 e. The Morgan fingerprint density at radius 1 is 1.09 bits per heavy atom. The lowest BCUT2D eigenvalue weighted by atomic mass is 10.1. The van der Waals surface area contributed by atoms with E-state index in [9.17, 15) is 9.18 Å². The molecule has 0 radical (unpaired) electrons. The number of benzene rings is 2. The molecule has 0 heterocycles. The van der Waals surface area contributed by atoms with Gasteiger partial charge in [0.15, 0.2) is 11.5 Å². The summed E-state index contributed by atoms with van der Waals surface area (Å²) in [6.07, 6.45) is 0. The van der Waals surface area contributed by atoms with Crippen LogP contribution in [0.2, 0.25) is 0 Å². The first-order chi connectivity index (χ1) is 10.6. The average molecular weight is 303 g/mol. The van der Waals surface area contributed by atoms with Gasteiger partial charge in [-0.05, 0) is 24.3 Å². The molecule has 0 aliphatic heterocycles. The first kappa shape index (κ1) is 15.8. The Bertz CT molecular complexity index is 673. The van der Waals surface area contributed by atoms with Crippen LogP contribution < -0.4 is 9.47 Å². The monoisotopic (exact) mass is 303 g/mol. The maximum atomic E-state index is 13.7. The molecule has 0 aliphatic carbocycles. The van der Waals surface area contributed by atoms with E-state index in [0.29, 0.717) is 22.6 Å². The first-order valence-electron chi connectivity index (χ1n) is 6.77. The van der Waals surface area contributed by atoms with Gasteiger partial charge in [-0.2, -0.15) is 0 Å². The molecule has 0 aromatic heterocycles. The third kappa shape index (κ3) is 3.36. The van der Waals surface area contributed by atoms with Crippen LogP contribution >= 0.6 is 0 Å². The van der Waals surface area contributed by atoms with E-state index >= 15 is 0 Å². The minimum atomic E-state index is -0.325. The van der Waals surface area contributed by atoms with Crippen molar-refractivity contribution in [3.05, 3.63) is 59.4 Å². The summed E-state index contributed by atoms with van der Waals surface area (Å²) in [6.45, 7) is 0.194. The van der Waals surface area contributed by atoms with E-state index in [-0.39, 0.29) is 18.3 Å². The maximum Gasteiger partial charge on any atom is 0.254 e. The third-order valence-electron chi connectivity index (χ3n) is 3.34. The molecule has 5 heteroatoms. The van der Waals surface area contributed by atoms with Gasteiger partial charge < -0.3 is 14.4 Å². The zero-order valence-corrected chi connectivity index (χ0v) is 12.8. The highest BCUT2D eigenvalue weighted by molar-refractivity contribution is 5.94. The zero-order chi connectivity index (χ0) is 16.1. The van der Waals surface area contributed by atoms with Gasteiger partial charge in [-0.1, -0.05) is 18.2 Å². The molecule has 0 saturated heterocycles. The number of hydrogen-bond donors (Lipinski definition) is 0. The van der Waals surface area contributed by atoms with Gasteiger partial charge in [0.1, 0.15) is 5.82 Å². The van der Waals surface area contributed by atoms with Gasteiger partial charge in [-0.25, -0.2) is 4.39 Å². The van der Waals surface area contributed by atoms with Crippen LogP contribution in [0.5, 0.6) is 11.5 Å². The summed E-state index contributed by atoms with van der Waals surface area (Å²) in [5.74, 6) is 0.488. The Hall–Kier alpha value is -2.56. The lowest BCUT2D eigenvalue weighted by Crippen LogP contribution is -2.26. The lowest BCUT2D eigenvalue weighted by Gasteiger charge is -2.18. The predicted molar refractivity (Wildman–Crippen MR) is 81.7 cm³/mol.